The van der Waals surface area contributed by atoms with Crippen LogP contribution in [-0.2, 0) is 14.3 Å². The van der Waals surface area contributed by atoms with Crippen molar-refractivity contribution < 1.29 is 19.1 Å². The van der Waals surface area contributed by atoms with Gasteiger partial charge < -0.3 is 19.7 Å². The molecule has 2 amide bonds. The number of carbonyl (C=O) groups is 2. The van der Waals surface area contributed by atoms with Crippen LogP contribution in [0, 0.1) is 0 Å². The molecule has 0 unspecified atom stereocenters. The van der Waals surface area contributed by atoms with Crippen molar-refractivity contribution >= 4 is 52.3 Å². The Labute approximate surface area is 148 Å². The zero-order chi connectivity index (χ0) is 16.9. The van der Waals surface area contributed by atoms with Crippen molar-refractivity contribution in [1.82, 2.24) is 4.90 Å². The summed E-state index contributed by atoms with van der Waals surface area (Å²) in [5, 5.41) is 2.45. The predicted octanol–water partition coefficient (Wildman–Crippen LogP) is 2.23. The average molecular weight is 382 g/mol. The topological polar surface area (TPSA) is 67.9 Å². The molecule has 0 radical (unpaired) electrons. The van der Waals surface area contributed by atoms with Gasteiger partial charge in [0.15, 0.2) is 6.61 Å². The van der Waals surface area contributed by atoms with Gasteiger partial charge in [-0.2, -0.15) is 0 Å². The van der Waals surface area contributed by atoms with E-state index in [-0.39, 0.29) is 12.5 Å². The number of halogens is 3. The maximum Gasteiger partial charge on any atom is 0.276 e. The first-order chi connectivity index (χ1) is 10.9. The maximum absolute atomic E-state index is 11.9. The zero-order valence-corrected chi connectivity index (χ0v) is 14.3. The number of nitrogens with zero attached hydrogens (tertiary/aromatic N) is 1. The van der Waals surface area contributed by atoms with Crippen LogP contribution >= 0.6 is 34.8 Å². The summed E-state index contributed by atoms with van der Waals surface area (Å²) in [6.45, 7) is 2.18. The molecule has 1 aliphatic heterocycles. The fraction of sp³-hybridized carbons (Fsp3) is 0.429. The summed E-state index contributed by atoms with van der Waals surface area (Å²) in [4.78, 5) is 25.1. The molecule has 6 nitrogen and oxygen atoms in total. The number of alkyl halides is 3. The minimum Gasteiger partial charge on any atom is -0.484 e. The lowest BCUT2D eigenvalue weighted by molar-refractivity contribution is -0.137. The Morgan fingerprint density at radius 1 is 1.17 bits per heavy atom. The molecule has 9 heteroatoms. The molecule has 0 spiro atoms. The second kappa shape index (κ2) is 8.06. The van der Waals surface area contributed by atoms with Crippen LogP contribution in [0.3, 0.4) is 0 Å². The molecular formula is C14H15Cl3N2O4. The van der Waals surface area contributed by atoms with Gasteiger partial charge in [0.2, 0.25) is 0 Å². The Morgan fingerprint density at radius 2 is 1.78 bits per heavy atom. The molecule has 1 heterocycles. The van der Waals surface area contributed by atoms with E-state index in [0.717, 1.165) is 0 Å². The van der Waals surface area contributed by atoms with Crippen molar-refractivity contribution in [1.29, 1.82) is 0 Å². The van der Waals surface area contributed by atoms with Crippen LogP contribution in [0.1, 0.15) is 0 Å². The fourth-order valence-corrected chi connectivity index (χ4v) is 2.03. The summed E-state index contributed by atoms with van der Waals surface area (Å²) in [6, 6.07) is 6.40. The number of morpholine rings is 1. The number of nitrogens with one attached hydrogen (secondary N) is 1. The maximum atomic E-state index is 11.9. The summed E-state index contributed by atoms with van der Waals surface area (Å²) in [6.07, 6.45) is 0. The Bertz CT molecular complexity index is 554. The molecule has 0 saturated carbocycles. The van der Waals surface area contributed by atoms with Crippen LogP contribution in [0.15, 0.2) is 24.3 Å². The molecule has 1 fully saturated rings. The van der Waals surface area contributed by atoms with E-state index in [4.69, 9.17) is 44.3 Å². The SMILES string of the molecule is O=C(COc1ccc(NC(=O)C(Cl)(Cl)Cl)cc1)N1CCOCC1. The van der Waals surface area contributed by atoms with Crippen LogP contribution in [-0.4, -0.2) is 53.4 Å². The number of carbonyl (C=O) groups excluding carboxylic acids is 2. The van der Waals surface area contributed by atoms with Gasteiger partial charge in [-0.15, -0.1) is 0 Å². The van der Waals surface area contributed by atoms with Gasteiger partial charge in [-0.3, -0.25) is 9.59 Å². The highest BCUT2D eigenvalue weighted by Gasteiger charge is 2.30. The minimum absolute atomic E-state index is 0.0557. The van der Waals surface area contributed by atoms with Crippen LogP contribution in [0.5, 0.6) is 5.75 Å². The van der Waals surface area contributed by atoms with E-state index >= 15 is 0 Å². The molecule has 1 saturated heterocycles. The van der Waals surface area contributed by atoms with E-state index in [9.17, 15) is 9.59 Å². The summed E-state index contributed by atoms with van der Waals surface area (Å²) in [7, 11) is 0. The first-order valence-corrected chi connectivity index (χ1v) is 7.96. The van der Waals surface area contributed by atoms with Crippen molar-refractivity contribution in [2.24, 2.45) is 0 Å². The Balaban J connectivity index is 1.83. The van der Waals surface area contributed by atoms with Crippen LogP contribution < -0.4 is 10.1 Å². The molecule has 1 aliphatic rings. The quantitative estimate of drug-likeness (QED) is 0.812. The Morgan fingerprint density at radius 3 is 2.35 bits per heavy atom. The average Bonchev–Trinajstić information content (AvgIpc) is 2.54. The molecule has 0 atom stereocenters. The molecule has 0 aliphatic carbocycles. The number of ether oxygens (including phenoxy) is 2. The molecule has 1 aromatic rings. The fourth-order valence-electron chi connectivity index (χ4n) is 1.89. The lowest BCUT2D eigenvalue weighted by Gasteiger charge is -2.26. The zero-order valence-electron chi connectivity index (χ0n) is 12.1. The summed E-state index contributed by atoms with van der Waals surface area (Å²) in [5.41, 5.74) is 0.452. The smallest absolute Gasteiger partial charge is 0.276 e. The Hall–Kier alpha value is -1.21. The third-order valence-electron chi connectivity index (χ3n) is 3.10. The van der Waals surface area contributed by atoms with Crippen molar-refractivity contribution in [3.05, 3.63) is 24.3 Å². The Kier molecular flexibility index (Phi) is 6.35. The van der Waals surface area contributed by atoms with Crippen molar-refractivity contribution in [2.75, 3.05) is 38.2 Å². The standard InChI is InChI=1S/C14H15Cl3N2O4/c15-14(16,17)13(21)18-10-1-3-11(4-2-10)23-9-12(20)19-5-7-22-8-6-19/h1-4H,5-9H2,(H,18,21). The van der Waals surface area contributed by atoms with Crippen molar-refractivity contribution in [3.63, 3.8) is 0 Å². The normalized spacial score (nSPS) is 15.2. The van der Waals surface area contributed by atoms with E-state index in [0.29, 0.717) is 37.7 Å². The molecule has 1 aromatic carbocycles. The molecule has 1 N–H and O–H groups in total. The number of amides is 2. The van der Waals surface area contributed by atoms with E-state index in [1.165, 1.54) is 0 Å². The molecule has 0 bridgehead atoms. The largest absolute Gasteiger partial charge is 0.484 e. The molecule has 23 heavy (non-hydrogen) atoms. The lowest BCUT2D eigenvalue weighted by atomic mass is 10.3. The van der Waals surface area contributed by atoms with Gasteiger partial charge in [-0.05, 0) is 24.3 Å². The second-order valence-electron chi connectivity index (χ2n) is 4.76. The highest BCUT2D eigenvalue weighted by molar-refractivity contribution is 6.76. The summed E-state index contributed by atoms with van der Waals surface area (Å²) in [5.74, 6) is -0.348. The van der Waals surface area contributed by atoms with Gasteiger partial charge in [0.25, 0.3) is 15.6 Å². The van der Waals surface area contributed by atoms with Crippen LogP contribution in [0.4, 0.5) is 5.69 Å². The number of hydrogen-bond acceptors (Lipinski definition) is 4. The highest BCUT2D eigenvalue weighted by Crippen LogP contribution is 2.28. The number of benzene rings is 1. The van der Waals surface area contributed by atoms with Gasteiger partial charge in [0, 0.05) is 18.8 Å². The second-order valence-corrected chi connectivity index (χ2v) is 7.04. The first kappa shape index (κ1) is 18.1. The van der Waals surface area contributed by atoms with Gasteiger partial charge in [-0.25, -0.2) is 0 Å². The number of rotatable bonds is 4. The molecule has 0 aromatic heterocycles. The van der Waals surface area contributed by atoms with E-state index in [2.05, 4.69) is 5.32 Å². The minimum atomic E-state index is -2.03. The van der Waals surface area contributed by atoms with Gasteiger partial charge in [-0.1, -0.05) is 34.8 Å². The van der Waals surface area contributed by atoms with E-state index in [1.807, 2.05) is 0 Å². The van der Waals surface area contributed by atoms with E-state index < -0.39 is 9.70 Å². The monoisotopic (exact) mass is 380 g/mol. The first-order valence-electron chi connectivity index (χ1n) is 6.83. The summed E-state index contributed by atoms with van der Waals surface area (Å²) < 4.78 is 8.58. The third kappa shape index (κ3) is 5.73. The van der Waals surface area contributed by atoms with Crippen LogP contribution in [0.2, 0.25) is 0 Å². The predicted molar refractivity (Wildman–Crippen MR) is 88.3 cm³/mol. The van der Waals surface area contributed by atoms with Gasteiger partial charge in [0.1, 0.15) is 5.75 Å². The van der Waals surface area contributed by atoms with E-state index in [1.54, 1.807) is 29.2 Å². The number of hydrogen-bond donors (Lipinski definition) is 1. The van der Waals surface area contributed by atoms with Crippen LogP contribution in [0.25, 0.3) is 0 Å². The molecular weight excluding hydrogens is 367 g/mol. The highest BCUT2D eigenvalue weighted by atomic mass is 35.6. The number of anilines is 1. The lowest BCUT2D eigenvalue weighted by Crippen LogP contribution is -2.42. The molecule has 126 valence electrons. The van der Waals surface area contributed by atoms with Gasteiger partial charge in [0.05, 0.1) is 13.2 Å². The van der Waals surface area contributed by atoms with Crippen molar-refractivity contribution in [3.8, 4) is 5.75 Å². The molecule has 2 rings (SSSR count). The summed E-state index contributed by atoms with van der Waals surface area (Å²) >= 11 is 16.4. The third-order valence-corrected chi connectivity index (χ3v) is 3.61. The van der Waals surface area contributed by atoms with Crippen molar-refractivity contribution in [2.45, 2.75) is 3.79 Å². The van der Waals surface area contributed by atoms with Gasteiger partial charge >= 0.3 is 0 Å².